The summed E-state index contributed by atoms with van der Waals surface area (Å²) in [6, 6.07) is 0. The van der Waals surface area contributed by atoms with E-state index in [1.54, 1.807) is 6.92 Å². The maximum atomic E-state index is 13.0. The second kappa shape index (κ2) is 5.39. The Hall–Kier alpha value is -0.740. The number of rotatable bonds is 1. The summed E-state index contributed by atoms with van der Waals surface area (Å²) in [5.41, 5.74) is -0.0482. The summed E-state index contributed by atoms with van der Waals surface area (Å²) in [7, 11) is 0. The molecule has 2 N–H and O–H groups in total. The standard InChI is InChI=1S/C21H32O4/c1-12(22)14-4-5-15-13-10-18(23)17-11-21(24,25)9-8-20(17,3)16(13)6-7-19(14,15)2/h13-17,24-25H,4-11H2,1-3H3/t13-,14+,15-,16-,17+,19-,20-/m0/s1. The first-order valence-electron chi connectivity index (χ1n) is 10.1. The van der Waals surface area contributed by atoms with Gasteiger partial charge in [-0.15, -0.1) is 0 Å². The molecule has 0 radical (unpaired) electrons. The van der Waals surface area contributed by atoms with Gasteiger partial charge in [-0.1, -0.05) is 13.8 Å². The maximum absolute atomic E-state index is 13.0. The Kier molecular flexibility index (Phi) is 3.81. The molecule has 7 atom stereocenters. The van der Waals surface area contributed by atoms with Crippen molar-refractivity contribution in [3.63, 3.8) is 0 Å². The SMILES string of the molecule is CC(=O)[C@H]1CC[C@H]2[C@@H]3CC(=O)[C@H]4CC(O)(O)CC[C@@]4(C)[C@H]3CC[C@@]12C. The van der Waals surface area contributed by atoms with Crippen molar-refractivity contribution in [3.05, 3.63) is 0 Å². The molecule has 0 aromatic heterocycles. The van der Waals surface area contributed by atoms with Crippen molar-refractivity contribution in [2.24, 2.45) is 40.4 Å². The predicted molar refractivity (Wildman–Crippen MR) is 93.5 cm³/mol. The van der Waals surface area contributed by atoms with Gasteiger partial charge in [0.2, 0.25) is 0 Å². The molecular formula is C21H32O4. The fourth-order valence-corrected chi connectivity index (χ4v) is 7.66. The summed E-state index contributed by atoms with van der Waals surface area (Å²) >= 11 is 0. The number of aliphatic hydroxyl groups is 2. The van der Waals surface area contributed by atoms with E-state index in [9.17, 15) is 19.8 Å². The van der Waals surface area contributed by atoms with E-state index in [2.05, 4.69) is 13.8 Å². The third kappa shape index (κ3) is 2.39. The number of carbonyl (C=O) groups is 2. The highest BCUT2D eigenvalue weighted by molar-refractivity contribution is 5.84. The van der Waals surface area contributed by atoms with Gasteiger partial charge in [0.1, 0.15) is 11.6 Å². The first-order chi connectivity index (χ1) is 11.6. The van der Waals surface area contributed by atoms with E-state index in [0.717, 1.165) is 32.1 Å². The quantitative estimate of drug-likeness (QED) is 0.714. The van der Waals surface area contributed by atoms with Gasteiger partial charge < -0.3 is 10.2 Å². The van der Waals surface area contributed by atoms with Crippen molar-refractivity contribution in [1.82, 2.24) is 0 Å². The van der Waals surface area contributed by atoms with Crippen LogP contribution in [0.15, 0.2) is 0 Å². The topological polar surface area (TPSA) is 74.6 Å². The molecule has 0 bridgehead atoms. The zero-order valence-electron chi connectivity index (χ0n) is 15.8. The minimum absolute atomic E-state index is 0.0584. The van der Waals surface area contributed by atoms with Gasteiger partial charge in [0, 0.05) is 31.1 Å². The van der Waals surface area contributed by atoms with Gasteiger partial charge in [0.25, 0.3) is 0 Å². The van der Waals surface area contributed by atoms with Gasteiger partial charge in [-0.05, 0) is 67.6 Å². The van der Waals surface area contributed by atoms with Crippen molar-refractivity contribution in [3.8, 4) is 0 Å². The van der Waals surface area contributed by atoms with Crippen LogP contribution in [-0.2, 0) is 9.59 Å². The number of Topliss-reactive ketones (excluding diaryl/α,β-unsaturated/α-hetero) is 2. The lowest BCUT2D eigenvalue weighted by Crippen LogP contribution is -2.59. The summed E-state index contributed by atoms with van der Waals surface area (Å²) in [4.78, 5) is 25.2. The molecule has 0 saturated heterocycles. The minimum Gasteiger partial charge on any atom is -0.366 e. The van der Waals surface area contributed by atoms with Crippen LogP contribution in [0.4, 0.5) is 0 Å². The molecule has 140 valence electrons. The summed E-state index contributed by atoms with van der Waals surface area (Å²) in [5.74, 6) is 0.140. The molecular weight excluding hydrogens is 316 g/mol. The van der Waals surface area contributed by atoms with E-state index in [1.165, 1.54) is 0 Å². The van der Waals surface area contributed by atoms with Crippen LogP contribution in [0.25, 0.3) is 0 Å². The van der Waals surface area contributed by atoms with Crippen molar-refractivity contribution in [2.75, 3.05) is 0 Å². The van der Waals surface area contributed by atoms with Crippen molar-refractivity contribution in [1.29, 1.82) is 0 Å². The highest BCUT2D eigenvalue weighted by Crippen LogP contribution is 2.67. The molecule has 0 aromatic rings. The number of fused-ring (bicyclic) bond motifs is 5. The molecule has 4 aliphatic carbocycles. The average molecular weight is 348 g/mol. The monoisotopic (exact) mass is 348 g/mol. The van der Waals surface area contributed by atoms with E-state index in [1.807, 2.05) is 0 Å². The van der Waals surface area contributed by atoms with Crippen LogP contribution in [0.3, 0.4) is 0 Å². The maximum Gasteiger partial charge on any atom is 0.163 e. The second-order valence-corrected chi connectivity index (χ2v) is 10.1. The Balaban J connectivity index is 1.66. The Morgan fingerprint density at radius 2 is 1.68 bits per heavy atom. The zero-order chi connectivity index (χ0) is 18.2. The number of hydrogen-bond acceptors (Lipinski definition) is 4. The van der Waals surface area contributed by atoms with Gasteiger partial charge in [-0.25, -0.2) is 0 Å². The van der Waals surface area contributed by atoms with E-state index >= 15 is 0 Å². The zero-order valence-corrected chi connectivity index (χ0v) is 15.8. The third-order valence-electron chi connectivity index (χ3n) is 8.99. The number of ketones is 2. The Labute approximate surface area is 150 Å². The van der Waals surface area contributed by atoms with Crippen LogP contribution < -0.4 is 0 Å². The molecule has 0 unspecified atom stereocenters. The molecule has 0 spiro atoms. The lowest BCUT2D eigenvalue weighted by Gasteiger charge is -2.60. The van der Waals surface area contributed by atoms with Crippen LogP contribution in [0, 0.1) is 40.4 Å². The Bertz CT molecular complexity index is 611. The molecule has 4 saturated carbocycles. The molecule has 4 heteroatoms. The lowest BCUT2D eigenvalue weighted by molar-refractivity contribution is -0.229. The highest BCUT2D eigenvalue weighted by Gasteiger charge is 2.63. The van der Waals surface area contributed by atoms with Gasteiger partial charge in [0.05, 0.1) is 0 Å². The van der Waals surface area contributed by atoms with Crippen LogP contribution >= 0.6 is 0 Å². The van der Waals surface area contributed by atoms with Gasteiger partial charge >= 0.3 is 0 Å². The summed E-state index contributed by atoms with van der Waals surface area (Å²) in [6.45, 7) is 6.25. The normalized spacial score (nSPS) is 51.4. The van der Waals surface area contributed by atoms with Crippen molar-refractivity contribution >= 4 is 11.6 Å². The number of carbonyl (C=O) groups excluding carboxylic acids is 2. The van der Waals surface area contributed by atoms with E-state index in [0.29, 0.717) is 36.4 Å². The Morgan fingerprint density at radius 1 is 1.00 bits per heavy atom. The first-order valence-corrected chi connectivity index (χ1v) is 10.1. The van der Waals surface area contributed by atoms with Crippen LogP contribution in [0.5, 0.6) is 0 Å². The van der Waals surface area contributed by atoms with Crippen molar-refractivity contribution < 1.29 is 19.8 Å². The molecule has 4 nitrogen and oxygen atoms in total. The molecule has 4 rings (SSSR count). The molecule has 4 aliphatic rings. The van der Waals surface area contributed by atoms with E-state index in [-0.39, 0.29) is 34.9 Å². The molecule has 4 fully saturated rings. The Morgan fingerprint density at radius 3 is 2.36 bits per heavy atom. The number of hydrogen-bond donors (Lipinski definition) is 2. The lowest BCUT2D eigenvalue weighted by atomic mass is 9.44. The van der Waals surface area contributed by atoms with Crippen molar-refractivity contribution in [2.45, 2.75) is 77.9 Å². The predicted octanol–water partition coefficient (Wildman–Crippen LogP) is 3.09. The molecule has 25 heavy (non-hydrogen) atoms. The largest absolute Gasteiger partial charge is 0.366 e. The fraction of sp³-hybridized carbons (Fsp3) is 0.905. The van der Waals surface area contributed by atoms with Crippen LogP contribution in [0.1, 0.15) is 72.1 Å². The molecule has 0 aliphatic heterocycles. The van der Waals surface area contributed by atoms with E-state index in [4.69, 9.17) is 0 Å². The second-order valence-electron chi connectivity index (χ2n) is 10.1. The summed E-state index contributed by atoms with van der Waals surface area (Å²) in [6.07, 6.45) is 6.06. The molecule has 0 amide bonds. The van der Waals surface area contributed by atoms with E-state index < -0.39 is 5.79 Å². The summed E-state index contributed by atoms with van der Waals surface area (Å²) < 4.78 is 0. The molecule has 0 heterocycles. The smallest absolute Gasteiger partial charge is 0.163 e. The molecule has 0 aromatic carbocycles. The summed E-state index contributed by atoms with van der Waals surface area (Å²) in [5, 5.41) is 20.2. The first kappa shape index (κ1) is 17.7. The van der Waals surface area contributed by atoms with Gasteiger partial charge in [0.15, 0.2) is 5.79 Å². The fourth-order valence-electron chi connectivity index (χ4n) is 7.66. The highest BCUT2D eigenvalue weighted by atomic mass is 16.5. The van der Waals surface area contributed by atoms with Gasteiger partial charge in [-0.3, -0.25) is 9.59 Å². The average Bonchev–Trinajstić information content (AvgIpc) is 2.87. The minimum atomic E-state index is -1.68. The van der Waals surface area contributed by atoms with Crippen LogP contribution in [0.2, 0.25) is 0 Å². The van der Waals surface area contributed by atoms with Gasteiger partial charge in [-0.2, -0.15) is 0 Å². The van der Waals surface area contributed by atoms with Crippen LogP contribution in [-0.4, -0.2) is 27.6 Å². The third-order valence-corrected chi connectivity index (χ3v) is 8.99.